The molecule has 4 unspecified atom stereocenters. The summed E-state index contributed by atoms with van der Waals surface area (Å²) in [6.07, 6.45) is 5.77. The van der Waals surface area contributed by atoms with Gasteiger partial charge in [-0.05, 0) is 30.9 Å². The number of nitrogens with one attached hydrogen (secondary N) is 1. The Balaban J connectivity index is 1.58. The van der Waals surface area contributed by atoms with Gasteiger partial charge in [-0.25, -0.2) is 4.79 Å². The van der Waals surface area contributed by atoms with Gasteiger partial charge in [-0.15, -0.1) is 0 Å². The Labute approximate surface area is 143 Å². The molecule has 3 rings (SSSR count). The van der Waals surface area contributed by atoms with E-state index in [1.54, 1.807) is 18.4 Å². The van der Waals surface area contributed by atoms with E-state index in [0.29, 0.717) is 37.9 Å². The molecule has 6 nitrogen and oxygen atoms in total. The lowest BCUT2D eigenvalue weighted by molar-refractivity contribution is -0.0104. The topological polar surface area (TPSA) is 74.9 Å². The summed E-state index contributed by atoms with van der Waals surface area (Å²) in [6, 6.07) is 3.60. The van der Waals surface area contributed by atoms with Crippen LogP contribution in [-0.4, -0.2) is 47.9 Å². The SMILES string of the molecule is CC1CCCC(NC(=O)N2CCOCC2CC(O)c2ccco2)C1. The van der Waals surface area contributed by atoms with E-state index >= 15 is 0 Å². The fourth-order valence-electron chi connectivity index (χ4n) is 3.79. The lowest BCUT2D eigenvalue weighted by atomic mass is 9.87. The number of morpholine rings is 1. The summed E-state index contributed by atoms with van der Waals surface area (Å²) in [6.45, 7) is 3.80. The van der Waals surface area contributed by atoms with Crippen LogP contribution in [0.5, 0.6) is 0 Å². The van der Waals surface area contributed by atoms with Crippen LogP contribution >= 0.6 is 0 Å². The van der Waals surface area contributed by atoms with Gasteiger partial charge in [0, 0.05) is 19.0 Å². The summed E-state index contributed by atoms with van der Waals surface area (Å²) in [5.41, 5.74) is 0. The molecule has 1 aliphatic carbocycles. The number of carbonyl (C=O) groups is 1. The lowest BCUT2D eigenvalue weighted by Gasteiger charge is -2.38. The third-order valence-corrected chi connectivity index (χ3v) is 5.12. The second-order valence-corrected chi connectivity index (χ2v) is 7.11. The Morgan fingerprint density at radius 1 is 1.50 bits per heavy atom. The summed E-state index contributed by atoms with van der Waals surface area (Å²) in [7, 11) is 0. The van der Waals surface area contributed by atoms with Gasteiger partial charge in [-0.1, -0.05) is 19.8 Å². The first-order chi connectivity index (χ1) is 11.6. The summed E-state index contributed by atoms with van der Waals surface area (Å²) < 4.78 is 10.8. The highest BCUT2D eigenvalue weighted by atomic mass is 16.5. The molecule has 0 bridgehead atoms. The first kappa shape index (κ1) is 17.3. The minimum atomic E-state index is -0.725. The van der Waals surface area contributed by atoms with Crippen molar-refractivity contribution in [3.63, 3.8) is 0 Å². The van der Waals surface area contributed by atoms with E-state index in [0.717, 1.165) is 12.8 Å². The maximum Gasteiger partial charge on any atom is 0.318 e. The van der Waals surface area contributed by atoms with Gasteiger partial charge in [0.2, 0.25) is 0 Å². The highest BCUT2D eigenvalue weighted by Crippen LogP contribution is 2.25. The molecule has 2 aliphatic rings. The Hall–Kier alpha value is -1.53. The Kier molecular flexibility index (Phi) is 5.79. The van der Waals surface area contributed by atoms with Crippen molar-refractivity contribution in [3.8, 4) is 0 Å². The highest BCUT2D eigenvalue weighted by Gasteiger charge is 2.31. The summed E-state index contributed by atoms with van der Waals surface area (Å²) in [5, 5.41) is 13.5. The molecule has 1 aromatic heterocycles. The number of aliphatic hydroxyl groups excluding tert-OH is 1. The molecule has 0 radical (unpaired) electrons. The minimum absolute atomic E-state index is 0.0333. The van der Waals surface area contributed by atoms with E-state index in [1.165, 1.54) is 12.8 Å². The van der Waals surface area contributed by atoms with Crippen LogP contribution in [0.2, 0.25) is 0 Å². The van der Waals surface area contributed by atoms with Crippen LogP contribution in [0.1, 0.15) is 50.9 Å². The van der Waals surface area contributed by atoms with Crippen LogP contribution in [0.3, 0.4) is 0 Å². The van der Waals surface area contributed by atoms with E-state index in [4.69, 9.17) is 9.15 Å². The van der Waals surface area contributed by atoms with Crippen molar-refractivity contribution in [1.82, 2.24) is 10.2 Å². The number of ether oxygens (including phenoxy) is 1. The number of carbonyl (C=O) groups excluding carboxylic acids is 1. The number of aliphatic hydroxyl groups is 1. The zero-order valence-corrected chi connectivity index (χ0v) is 14.3. The van der Waals surface area contributed by atoms with Gasteiger partial charge in [0.05, 0.1) is 25.5 Å². The van der Waals surface area contributed by atoms with Gasteiger partial charge in [0.25, 0.3) is 0 Å². The molecule has 24 heavy (non-hydrogen) atoms. The van der Waals surface area contributed by atoms with Crippen molar-refractivity contribution in [2.45, 2.75) is 57.2 Å². The van der Waals surface area contributed by atoms with Gasteiger partial charge in [-0.3, -0.25) is 0 Å². The molecule has 1 saturated carbocycles. The van der Waals surface area contributed by atoms with Crippen molar-refractivity contribution in [2.24, 2.45) is 5.92 Å². The minimum Gasteiger partial charge on any atom is -0.467 e. The van der Waals surface area contributed by atoms with E-state index in [2.05, 4.69) is 12.2 Å². The van der Waals surface area contributed by atoms with Crippen molar-refractivity contribution in [1.29, 1.82) is 0 Å². The van der Waals surface area contributed by atoms with Gasteiger partial charge in [0.15, 0.2) is 0 Å². The molecule has 0 aromatic carbocycles. The highest BCUT2D eigenvalue weighted by molar-refractivity contribution is 5.75. The molecular formula is C18H28N2O4. The van der Waals surface area contributed by atoms with E-state index < -0.39 is 6.10 Å². The Bertz CT molecular complexity index is 519. The molecule has 2 amide bonds. The Morgan fingerprint density at radius 3 is 3.12 bits per heavy atom. The number of rotatable bonds is 4. The van der Waals surface area contributed by atoms with E-state index in [-0.39, 0.29) is 18.1 Å². The van der Waals surface area contributed by atoms with Crippen molar-refractivity contribution < 1.29 is 19.1 Å². The third-order valence-electron chi connectivity index (χ3n) is 5.12. The Morgan fingerprint density at radius 2 is 2.38 bits per heavy atom. The van der Waals surface area contributed by atoms with Crippen LogP contribution < -0.4 is 5.32 Å². The second-order valence-electron chi connectivity index (χ2n) is 7.11. The molecule has 2 heterocycles. The average molecular weight is 336 g/mol. The fraction of sp³-hybridized carbons (Fsp3) is 0.722. The molecule has 2 N–H and O–H groups in total. The van der Waals surface area contributed by atoms with Crippen LogP contribution in [0.4, 0.5) is 4.79 Å². The van der Waals surface area contributed by atoms with Gasteiger partial charge < -0.3 is 24.5 Å². The van der Waals surface area contributed by atoms with Gasteiger partial charge >= 0.3 is 6.03 Å². The van der Waals surface area contributed by atoms with Crippen LogP contribution in [0.15, 0.2) is 22.8 Å². The van der Waals surface area contributed by atoms with E-state index in [9.17, 15) is 9.90 Å². The van der Waals surface area contributed by atoms with E-state index in [1.807, 2.05) is 4.90 Å². The van der Waals surface area contributed by atoms with Crippen molar-refractivity contribution >= 4 is 6.03 Å². The number of furan rings is 1. The molecule has 2 fully saturated rings. The lowest BCUT2D eigenvalue weighted by Crippen LogP contribution is -2.55. The summed E-state index contributed by atoms with van der Waals surface area (Å²) in [5.74, 6) is 1.20. The number of hydrogen-bond acceptors (Lipinski definition) is 4. The number of hydrogen-bond donors (Lipinski definition) is 2. The normalized spacial score (nSPS) is 29.2. The molecule has 1 aromatic rings. The van der Waals surface area contributed by atoms with Gasteiger partial charge in [-0.2, -0.15) is 0 Å². The molecule has 1 saturated heterocycles. The van der Waals surface area contributed by atoms with Crippen LogP contribution in [0, 0.1) is 5.92 Å². The molecular weight excluding hydrogens is 308 g/mol. The molecule has 0 spiro atoms. The summed E-state index contributed by atoms with van der Waals surface area (Å²) >= 11 is 0. The first-order valence-corrected chi connectivity index (χ1v) is 9.00. The fourth-order valence-corrected chi connectivity index (χ4v) is 3.79. The molecule has 4 atom stereocenters. The zero-order valence-electron chi connectivity index (χ0n) is 14.3. The maximum atomic E-state index is 12.7. The van der Waals surface area contributed by atoms with Crippen LogP contribution in [-0.2, 0) is 4.74 Å². The smallest absolute Gasteiger partial charge is 0.318 e. The monoisotopic (exact) mass is 336 g/mol. The number of nitrogens with zero attached hydrogens (tertiary/aromatic N) is 1. The molecule has 134 valence electrons. The predicted molar refractivity (Wildman–Crippen MR) is 89.5 cm³/mol. The molecule has 1 aliphatic heterocycles. The first-order valence-electron chi connectivity index (χ1n) is 9.00. The maximum absolute atomic E-state index is 12.7. The average Bonchev–Trinajstić information content (AvgIpc) is 3.10. The van der Waals surface area contributed by atoms with Crippen molar-refractivity contribution in [3.05, 3.63) is 24.2 Å². The second kappa shape index (κ2) is 8.03. The third kappa shape index (κ3) is 4.30. The standard InChI is InChI=1S/C18H28N2O4/c1-13-4-2-5-14(10-13)19-18(22)20-7-9-23-12-15(20)11-16(21)17-6-3-8-24-17/h3,6,8,13-16,21H,2,4-5,7,9-12H2,1H3,(H,19,22). The number of amides is 2. The quantitative estimate of drug-likeness (QED) is 0.886. The largest absolute Gasteiger partial charge is 0.467 e. The zero-order chi connectivity index (χ0) is 16.9. The van der Waals surface area contributed by atoms with Crippen molar-refractivity contribution in [2.75, 3.05) is 19.8 Å². The van der Waals surface area contributed by atoms with Gasteiger partial charge in [0.1, 0.15) is 11.9 Å². The summed E-state index contributed by atoms with van der Waals surface area (Å²) in [4.78, 5) is 14.5. The number of urea groups is 1. The van der Waals surface area contributed by atoms with Crippen LogP contribution in [0.25, 0.3) is 0 Å². The molecule has 6 heteroatoms. The predicted octanol–water partition coefficient (Wildman–Crippen LogP) is 2.69.